The molecule has 2 amide bonds. The van der Waals surface area contributed by atoms with Gasteiger partial charge in [-0.25, -0.2) is 0 Å². The van der Waals surface area contributed by atoms with E-state index in [0.29, 0.717) is 28.6 Å². The van der Waals surface area contributed by atoms with E-state index >= 15 is 0 Å². The van der Waals surface area contributed by atoms with E-state index in [2.05, 4.69) is 64.3 Å². The molecule has 0 bridgehead atoms. The molecule has 0 radical (unpaired) electrons. The van der Waals surface area contributed by atoms with E-state index in [4.69, 9.17) is 16.3 Å². The molecule has 0 saturated heterocycles. The van der Waals surface area contributed by atoms with Crippen LogP contribution < -0.4 is 15.4 Å². The van der Waals surface area contributed by atoms with Crippen LogP contribution >= 0.6 is 23.4 Å². The van der Waals surface area contributed by atoms with Gasteiger partial charge in [0.25, 0.3) is 5.91 Å². The van der Waals surface area contributed by atoms with Crippen molar-refractivity contribution in [2.24, 2.45) is 0 Å². The van der Waals surface area contributed by atoms with Gasteiger partial charge in [-0.2, -0.15) is 0 Å². The van der Waals surface area contributed by atoms with Crippen LogP contribution in [0.3, 0.4) is 0 Å². The number of hydrogen-bond donors (Lipinski definition) is 2. The van der Waals surface area contributed by atoms with Crippen molar-refractivity contribution in [3.8, 4) is 5.75 Å². The predicted octanol–water partition coefficient (Wildman–Crippen LogP) is 9.98. The molecule has 3 aromatic rings. The lowest BCUT2D eigenvalue weighted by Crippen LogP contribution is -2.33. The topological polar surface area (TPSA) is 84.5 Å². The van der Waals surface area contributed by atoms with Crippen LogP contribution in [0.15, 0.2) is 71.6 Å². The lowest BCUT2D eigenvalue weighted by molar-refractivity contribution is -0.126. The molecule has 8 heteroatoms. The summed E-state index contributed by atoms with van der Waals surface area (Å²) in [7, 11) is 0. The highest BCUT2D eigenvalue weighted by molar-refractivity contribution is 8.01. The summed E-state index contributed by atoms with van der Waals surface area (Å²) >= 11 is 7.81. The Bertz CT molecular complexity index is 1530. The molecule has 0 aliphatic heterocycles. The Labute approximate surface area is 284 Å². The molecule has 0 spiro atoms. The first kappa shape index (κ1) is 37.2. The fourth-order valence-corrected chi connectivity index (χ4v) is 6.00. The maximum Gasteiger partial charge on any atom is 0.265 e. The monoisotopic (exact) mass is 664 g/mol. The van der Waals surface area contributed by atoms with E-state index in [1.807, 2.05) is 57.2 Å². The van der Waals surface area contributed by atoms with Gasteiger partial charge in [0, 0.05) is 16.1 Å². The van der Waals surface area contributed by atoms with Crippen molar-refractivity contribution in [3.63, 3.8) is 0 Å². The number of nitrogens with one attached hydrogen (secondary N) is 2. The largest absolute Gasteiger partial charge is 0.480 e. The summed E-state index contributed by atoms with van der Waals surface area (Å²) in [4.78, 5) is 40.3. The van der Waals surface area contributed by atoms with Gasteiger partial charge in [-0.05, 0) is 85.9 Å². The van der Waals surface area contributed by atoms with Crippen molar-refractivity contribution in [2.45, 2.75) is 115 Å². The van der Waals surface area contributed by atoms with Crippen molar-refractivity contribution in [3.05, 3.63) is 82.9 Å². The fourth-order valence-electron chi connectivity index (χ4n) is 4.77. The number of Topliss-reactive ketones (excluding diaryl/α,β-unsaturated/α-hetero) is 1. The number of ketones is 1. The molecule has 1 unspecified atom stereocenters. The van der Waals surface area contributed by atoms with Crippen molar-refractivity contribution in [2.75, 3.05) is 10.6 Å². The van der Waals surface area contributed by atoms with Crippen LogP contribution in [0.2, 0.25) is 5.02 Å². The van der Waals surface area contributed by atoms with E-state index in [1.165, 1.54) is 17.3 Å². The quantitative estimate of drug-likeness (QED) is 0.125. The van der Waals surface area contributed by atoms with E-state index in [-0.39, 0.29) is 28.9 Å². The van der Waals surface area contributed by atoms with E-state index in [1.54, 1.807) is 18.2 Å². The van der Waals surface area contributed by atoms with Crippen LogP contribution in [0.4, 0.5) is 11.4 Å². The molecule has 248 valence electrons. The van der Waals surface area contributed by atoms with Crippen LogP contribution in [0.5, 0.6) is 5.75 Å². The summed E-state index contributed by atoms with van der Waals surface area (Å²) in [5.41, 5.74) is 2.95. The Hall–Kier alpha value is -3.29. The number of benzene rings is 3. The number of halogens is 1. The van der Waals surface area contributed by atoms with Crippen molar-refractivity contribution in [1.29, 1.82) is 0 Å². The van der Waals surface area contributed by atoms with Crippen molar-refractivity contribution < 1.29 is 19.1 Å². The zero-order valence-electron chi connectivity index (χ0n) is 28.7. The second kappa shape index (κ2) is 15.5. The second-order valence-corrected chi connectivity index (χ2v) is 15.6. The Morgan fingerprint density at radius 2 is 1.48 bits per heavy atom. The minimum absolute atomic E-state index is 0.0188. The number of hydrogen-bond acceptors (Lipinski definition) is 5. The first-order valence-corrected chi connectivity index (χ1v) is 17.2. The summed E-state index contributed by atoms with van der Waals surface area (Å²) in [5, 5.41) is 5.96. The summed E-state index contributed by atoms with van der Waals surface area (Å²) in [6, 6.07) is 20.8. The molecule has 0 saturated carbocycles. The highest BCUT2D eigenvalue weighted by atomic mass is 35.5. The van der Waals surface area contributed by atoms with Crippen LogP contribution in [0.1, 0.15) is 99.1 Å². The van der Waals surface area contributed by atoms with Gasteiger partial charge >= 0.3 is 0 Å². The van der Waals surface area contributed by atoms with E-state index in [9.17, 15) is 14.4 Å². The Morgan fingerprint density at radius 3 is 2.09 bits per heavy atom. The molecule has 6 nitrogen and oxygen atoms in total. The third kappa shape index (κ3) is 9.62. The number of thioether (sulfide) groups is 1. The Morgan fingerprint density at radius 1 is 0.826 bits per heavy atom. The van der Waals surface area contributed by atoms with Crippen LogP contribution in [-0.2, 0) is 25.2 Å². The van der Waals surface area contributed by atoms with Crippen LogP contribution in [-0.4, -0.2) is 28.4 Å². The molecule has 0 aliphatic rings. The van der Waals surface area contributed by atoms with Crippen LogP contribution in [0.25, 0.3) is 0 Å². The van der Waals surface area contributed by atoms with Gasteiger partial charge in [-0.3, -0.25) is 14.4 Å². The van der Waals surface area contributed by atoms with E-state index in [0.717, 1.165) is 23.3 Å². The molecule has 3 rings (SSSR count). The number of carbonyl (C=O) groups is 3. The first-order valence-electron chi connectivity index (χ1n) is 16.0. The fraction of sp³-hybridized carbons (Fsp3) is 0.447. The average molecular weight is 665 g/mol. The maximum atomic E-state index is 13.5. The standard InChI is InChI=1S/C38H49ClN2O4S/c1-10-31(45-32-21-18-25(36(4,5)11-2)22-28(32)37(6,7)12-3)35(44)40-26-19-20-29(39)30(23-26)41-34(43)24-33(42)38(8,9)46-27-16-14-13-15-17-27/h13-23,31H,10-12,24H2,1-9H3,(H,40,44)(H,41,43). The predicted molar refractivity (Wildman–Crippen MR) is 192 cm³/mol. The van der Waals surface area contributed by atoms with Crippen molar-refractivity contribution in [1.82, 2.24) is 0 Å². The summed E-state index contributed by atoms with van der Waals surface area (Å²) in [6.07, 6.45) is 1.32. The Kier molecular flexibility index (Phi) is 12.6. The normalized spacial score (nSPS) is 12.7. The van der Waals surface area contributed by atoms with Gasteiger partial charge in [0.2, 0.25) is 5.91 Å². The van der Waals surface area contributed by atoms with Crippen molar-refractivity contribution >= 4 is 52.3 Å². The van der Waals surface area contributed by atoms with Gasteiger partial charge in [0.1, 0.15) is 5.75 Å². The second-order valence-electron chi connectivity index (χ2n) is 13.5. The smallest absolute Gasteiger partial charge is 0.265 e. The number of anilines is 2. The van der Waals surface area contributed by atoms with Gasteiger partial charge < -0.3 is 15.4 Å². The molecule has 0 aliphatic carbocycles. The molecule has 2 N–H and O–H groups in total. The molecular weight excluding hydrogens is 616 g/mol. The molecule has 0 heterocycles. The number of ether oxygens (including phenoxy) is 1. The maximum absolute atomic E-state index is 13.5. The average Bonchev–Trinajstić information content (AvgIpc) is 3.01. The first-order chi connectivity index (χ1) is 21.5. The number of amides is 2. The third-order valence-electron chi connectivity index (χ3n) is 8.81. The molecular formula is C38H49ClN2O4S. The summed E-state index contributed by atoms with van der Waals surface area (Å²) < 4.78 is 5.61. The minimum atomic E-state index is -0.799. The lowest BCUT2D eigenvalue weighted by atomic mass is 9.76. The summed E-state index contributed by atoms with van der Waals surface area (Å²) in [6.45, 7) is 18.7. The SMILES string of the molecule is CCC(Oc1ccc(C(C)(C)CC)cc1C(C)(C)CC)C(=O)Nc1ccc(Cl)c(NC(=O)CC(=O)C(C)(C)Sc2ccccc2)c1. The molecule has 1 atom stereocenters. The van der Waals surface area contributed by atoms with Gasteiger partial charge in [0.15, 0.2) is 11.9 Å². The Balaban J connectivity index is 1.73. The van der Waals surface area contributed by atoms with Gasteiger partial charge in [-0.15, -0.1) is 11.8 Å². The molecule has 46 heavy (non-hydrogen) atoms. The minimum Gasteiger partial charge on any atom is -0.480 e. The molecule has 0 fully saturated rings. The zero-order valence-corrected chi connectivity index (χ0v) is 30.2. The van der Waals surface area contributed by atoms with E-state index < -0.39 is 16.8 Å². The molecule has 3 aromatic carbocycles. The lowest BCUT2D eigenvalue weighted by Gasteiger charge is -2.31. The molecule has 0 aromatic heterocycles. The summed E-state index contributed by atoms with van der Waals surface area (Å²) in [5.74, 6) is -0.298. The number of rotatable bonds is 15. The third-order valence-corrected chi connectivity index (χ3v) is 10.4. The van der Waals surface area contributed by atoms with Gasteiger partial charge in [0.05, 0.1) is 21.9 Å². The van der Waals surface area contributed by atoms with Gasteiger partial charge in [-0.1, -0.05) is 90.4 Å². The highest BCUT2D eigenvalue weighted by Gasteiger charge is 2.31. The zero-order chi connectivity index (χ0) is 34.3. The van der Waals surface area contributed by atoms with Crippen LogP contribution in [0, 0.1) is 0 Å². The number of carbonyl (C=O) groups excluding carboxylic acids is 3. The highest BCUT2D eigenvalue weighted by Crippen LogP contribution is 2.39.